The van der Waals surface area contributed by atoms with Gasteiger partial charge in [0, 0.05) is 18.7 Å². The number of rotatable bonds is 6. The Balaban J connectivity index is 1.96. The number of halogens is 2. The van der Waals surface area contributed by atoms with Crippen molar-refractivity contribution in [1.29, 1.82) is 0 Å². The Morgan fingerprint density at radius 2 is 2.25 bits per heavy atom. The van der Waals surface area contributed by atoms with Crippen molar-refractivity contribution in [2.75, 3.05) is 13.2 Å². The largest absolute Gasteiger partial charge is 0.434 e. The molecule has 110 valence electrons. The highest BCUT2D eigenvalue weighted by molar-refractivity contribution is 5.82. The molecular weight excluding hydrogens is 270 g/mol. The van der Waals surface area contributed by atoms with Gasteiger partial charge in [-0.05, 0) is 13.0 Å². The minimum absolute atomic E-state index is 0.105. The number of likely N-dealkylation sites (N-methyl/N-ethyl adjacent to an activating group) is 1. The first kappa shape index (κ1) is 14.7. The Labute approximate surface area is 115 Å². The van der Waals surface area contributed by atoms with E-state index < -0.39 is 12.7 Å². The van der Waals surface area contributed by atoms with Gasteiger partial charge in [-0.1, -0.05) is 18.2 Å². The molecule has 0 saturated carbocycles. The van der Waals surface area contributed by atoms with Crippen LogP contribution in [0.4, 0.5) is 8.78 Å². The Hall–Kier alpha value is -1.73. The van der Waals surface area contributed by atoms with Crippen LogP contribution >= 0.6 is 0 Å². The van der Waals surface area contributed by atoms with Crippen molar-refractivity contribution in [2.45, 2.75) is 26.1 Å². The normalized spacial score (nSPS) is 18.9. The molecule has 1 atom stereocenters. The van der Waals surface area contributed by atoms with Crippen LogP contribution in [0.5, 0.6) is 5.75 Å². The first-order valence-electron chi connectivity index (χ1n) is 6.32. The van der Waals surface area contributed by atoms with E-state index in [1.165, 1.54) is 11.1 Å². The lowest BCUT2D eigenvalue weighted by molar-refractivity contribution is -0.160. The number of nitrogens with one attached hydrogen (secondary N) is 1. The summed E-state index contributed by atoms with van der Waals surface area (Å²) < 4.78 is 29.0. The standard InChI is InChI=1S/C13H16F2N2O3/c1-2-17-12(18)10(8-19-17)16-7-9-5-3-4-6-11(9)20-13(14)15/h3-6,10,13,16H,2,7-8H2,1H3. The van der Waals surface area contributed by atoms with Gasteiger partial charge in [-0.2, -0.15) is 8.78 Å². The lowest BCUT2D eigenvalue weighted by Gasteiger charge is -2.14. The molecule has 0 aromatic heterocycles. The summed E-state index contributed by atoms with van der Waals surface area (Å²) in [4.78, 5) is 17.0. The Morgan fingerprint density at radius 1 is 1.50 bits per heavy atom. The summed E-state index contributed by atoms with van der Waals surface area (Å²) in [6.45, 7) is -0.0954. The number of alkyl halides is 2. The second-order valence-electron chi connectivity index (χ2n) is 4.25. The van der Waals surface area contributed by atoms with E-state index >= 15 is 0 Å². The van der Waals surface area contributed by atoms with E-state index in [1.807, 2.05) is 6.92 Å². The van der Waals surface area contributed by atoms with Crippen LogP contribution in [-0.2, 0) is 16.2 Å². The molecule has 1 N–H and O–H groups in total. The van der Waals surface area contributed by atoms with E-state index in [1.54, 1.807) is 18.2 Å². The predicted octanol–water partition coefficient (Wildman–Crippen LogP) is 1.54. The summed E-state index contributed by atoms with van der Waals surface area (Å²) in [5.41, 5.74) is 0.565. The van der Waals surface area contributed by atoms with E-state index in [2.05, 4.69) is 10.1 Å². The minimum Gasteiger partial charge on any atom is -0.434 e. The first-order chi connectivity index (χ1) is 9.61. The Morgan fingerprint density at radius 3 is 2.90 bits per heavy atom. The molecule has 1 aromatic carbocycles. The monoisotopic (exact) mass is 286 g/mol. The zero-order valence-electron chi connectivity index (χ0n) is 11.0. The third-order valence-electron chi connectivity index (χ3n) is 2.96. The summed E-state index contributed by atoms with van der Waals surface area (Å²) in [5.74, 6) is -0.0477. The topological polar surface area (TPSA) is 50.8 Å². The lowest BCUT2D eigenvalue weighted by Crippen LogP contribution is -2.38. The van der Waals surface area contributed by atoms with E-state index in [0.717, 1.165) is 0 Å². The van der Waals surface area contributed by atoms with E-state index in [0.29, 0.717) is 12.1 Å². The average molecular weight is 286 g/mol. The molecule has 1 amide bonds. The molecule has 7 heteroatoms. The summed E-state index contributed by atoms with van der Waals surface area (Å²) in [6.07, 6.45) is 0. The lowest BCUT2D eigenvalue weighted by atomic mass is 10.2. The molecule has 0 radical (unpaired) electrons. The SMILES string of the molecule is CCN1OCC(NCc2ccccc2OC(F)F)C1=O. The highest BCUT2D eigenvalue weighted by atomic mass is 19.3. The third kappa shape index (κ3) is 3.43. The molecule has 1 aliphatic rings. The summed E-state index contributed by atoms with van der Waals surface area (Å²) in [5, 5.41) is 4.26. The van der Waals surface area contributed by atoms with Crippen molar-refractivity contribution in [2.24, 2.45) is 0 Å². The number of para-hydroxylation sites is 1. The summed E-state index contributed by atoms with van der Waals surface area (Å²) >= 11 is 0. The second-order valence-corrected chi connectivity index (χ2v) is 4.25. The van der Waals surface area contributed by atoms with Crippen LogP contribution in [0.2, 0.25) is 0 Å². The number of hydroxylamine groups is 2. The van der Waals surface area contributed by atoms with Crippen molar-refractivity contribution >= 4 is 5.91 Å². The summed E-state index contributed by atoms with van der Waals surface area (Å²) in [7, 11) is 0. The van der Waals surface area contributed by atoms with Gasteiger partial charge in [0.25, 0.3) is 5.91 Å². The molecule has 2 rings (SSSR count). The smallest absolute Gasteiger partial charge is 0.387 e. The van der Waals surface area contributed by atoms with Crippen LogP contribution < -0.4 is 10.1 Å². The van der Waals surface area contributed by atoms with Gasteiger partial charge in [0.05, 0.1) is 6.61 Å². The molecule has 20 heavy (non-hydrogen) atoms. The van der Waals surface area contributed by atoms with E-state index in [4.69, 9.17) is 4.84 Å². The van der Waals surface area contributed by atoms with Crippen LogP contribution in [0.1, 0.15) is 12.5 Å². The van der Waals surface area contributed by atoms with Gasteiger partial charge >= 0.3 is 6.61 Å². The maximum Gasteiger partial charge on any atom is 0.387 e. The predicted molar refractivity (Wildman–Crippen MR) is 67.0 cm³/mol. The number of hydrogen-bond acceptors (Lipinski definition) is 4. The van der Waals surface area contributed by atoms with Gasteiger partial charge in [-0.15, -0.1) is 0 Å². The van der Waals surface area contributed by atoms with Crippen molar-refractivity contribution in [3.63, 3.8) is 0 Å². The molecule has 0 spiro atoms. The number of carbonyl (C=O) groups is 1. The molecule has 1 fully saturated rings. The quantitative estimate of drug-likeness (QED) is 0.862. The highest BCUT2D eigenvalue weighted by Crippen LogP contribution is 2.20. The fourth-order valence-corrected chi connectivity index (χ4v) is 1.96. The van der Waals surface area contributed by atoms with Crippen molar-refractivity contribution in [1.82, 2.24) is 10.4 Å². The van der Waals surface area contributed by atoms with Gasteiger partial charge in [0.15, 0.2) is 0 Å². The molecule has 1 unspecified atom stereocenters. The third-order valence-corrected chi connectivity index (χ3v) is 2.96. The number of amides is 1. The molecule has 0 bridgehead atoms. The zero-order valence-corrected chi connectivity index (χ0v) is 11.0. The van der Waals surface area contributed by atoms with Crippen molar-refractivity contribution in [3.8, 4) is 5.75 Å². The van der Waals surface area contributed by atoms with Gasteiger partial charge in [0.2, 0.25) is 0 Å². The maximum atomic E-state index is 12.3. The van der Waals surface area contributed by atoms with Crippen molar-refractivity contribution < 1.29 is 23.1 Å². The molecule has 1 aliphatic heterocycles. The van der Waals surface area contributed by atoms with Crippen LogP contribution in [0, 0.1) is 0 Å². The van der Waals surface area contributed by atoms with E-state index in [9.17, 15) is 13.6 Å². The van der Waals surface area contributed by atoms with Crippen LogP contribution in [0.25, 0.3) is 0 Å². The number of benzene rings is 1. The Bertz CT molecular complexity index is 471. The molecule has 5 nitrogen and oxygen atoms in total. The maximum absolute atomic E-state index is 12.3. The zero-order chi connectivity index (χ0) is 14.5. The number of hydrogen-bond donors (Lipinski definition) is 1. The molecular formula is C13H16F2N2O3. The first-order valence-corrected chi connectivity index (χ1v) is 6.32. The number of carbonyl (C=O) groups excluding carboxylic acids is 1. The molecule has 1 saturated heterocycles. The fourth-order valence-electron chi connectivity index (χ4n) is 1.96. The molecule has 1 heterocycles. The van der Waals surface area contributed by atoms with Gasteiger partial charge in [-0.25, -0.2) is 5.06 Å². The van der Waals surface area contributed by atoms with Gasteiger partial charge in [0.1, 0.15) is 11.8 Å². The molecule has 0 aliphatic carbocycles. The van der Waals surface area contributed by atoms with Crippen molar-refractivity contribution in [3.05, 3.63) is 29.8 Å². The number of nitrogens with zero attached hydrogens (tertiary/aromatic N) is 1. The fraction of sp³-hybridized carbons (Fsp3) is 0.462. The van der Waals surface area contributed by atoms with Crippen LogP contribution in [0.15, 0.2) is 24.3 Å². The highest BCUT2D eigenvalue weighted by Gasteiger charge is 2.31. The average Bonchev–Trinajstić information content (AvgIpc) is 2.78. The van der Waals surface area contributed by atoms with Gasteiger partial charge < -0.3 is 4.74 Å². The van der Waals surface area contributed by atoms with Gasteiger partial charge in [-0.3, -0.25) is 14.9 Å². The van der Waals surface area contributed by atoms with Crippen LogP contribution in [0.3, 0.4) is 0 Å². The number of ether oxygens (including phenoxy) is 1. The molecule has 1 aromatic rings. The minimum atomic E-state index is -2.87. The van der Waals surface area contributed by atoms with E-state index in [-0.39, 0.29) is 24.8 Å². The summed E-state index contributed by atoms with van der Waals surface area (Å²) in [6, 6.07) is 6.01. The van der Waals surface area contributed by atoms with Crippen LogP contribution in [-0.4, -0.2) is 36.8 Å². The second kappa shape index (κ2) is 6.62. The Kier molecular flexibility index (Phi) is 4.86.